The first-order chi connectivity index (χ1) is 21.1. The summed E-state index contributed by atoms with van der Waals surface area (Å²) in [5, 5.41) is 11.4. The van der Waals surface area contributed by atoms with Gasteiger partial charge < -0.3 is 38.5 Å². The van der Waals surface area contributed by atoms with Crippen molar-refractivity contribution < 1.29 is 48.0 Å². The Morgan fingerprint density at radius 1 is 1.11 bits per heavy atom. The van der Waals surface area contributed by atoms with Crippen molar-refractivity contribution >= 4 is 24.0 Å². The van der Waals surface area contributed by atoms with E-state index in [1.165, 1.54) is 6.08 Å². The Hall–Kier alpha value is -2.18. The average molecular weight is 638 g/mol. The first-order valence-electron chi connectivity index (χ1n) is 16.5. The summed E-state index contributed by atoms with van der Waals surface area (Å²) in [7, 11) is 3.79. The molecule has 45 heavy (non-hydrogen) atoms. The Bertz CT molecular complexity index is 1060. The lowest BCUT2D eigenvalue weighted by Gasteiger charge is -2.45. The van der Waals surface area contributed by atoms with E-state index < -0.39 is 66.0 Å². The lowest BCUT2D eigenvalue weighted by molar-refractivity contribution is -0.286. The Labute approximate surface area is 268 Å². The van der Waals surface area contributed by atoms with Crippen LogP contribution in [0.5, 0.6) is 0 Å². The van der Waals surface area contributed by atoms with Crippen molar-refractivity contribution in [3.8, 4) is 0 Å². The average Bonchev–Trinajstić information content (AvgIpc) is 3.67. The summed E-state index contributed by atoms with van der Waals surface area (Å²) >= 11 is 0. The number of aldehydes is 1. The molecule has 11 heteroatoms. The number of carbonyl (C=O) groups is 4. The van der Waals surface area contributed by atoms with E-state index in [1.807, 2.05) is 46.7 Å². The van der Waals surface area contributed by atoms with Gasteiger partial charge in [0.2, 0.25) is 0 Å². The quantitative estimate of drug-likeness (QED) is 0.237. The number of hydrogen-bond donors (Lipinski definition) is 1. The van der Waals surface area contributed by atoms with Crippen LogP contribution in [0.1, 0.15) is 87.0 Å². The molecule has 3 rings (SSSR count). The first kappa shape index (κ1) is 37.3. The van der Waals surface area contributed by atoms with Crippen molar-refractivity contribution in [2.45, 2.75) is 142 Å². The maximum atomic E-state index is 13.3. The number of rotatable bonds is 8. The van der Waals surface area contributed by atoms with Crippen LogP contribution >= 0.6 is 0 Å². The summed E-state index contributed by atoms with van der Waals surface area (Å²) in [6, 6.07) is -0.214. The highest BCUT2D eigenvalue weighted by Crippen LogP contribution is 2.45. The molecule has 2 saturated heterocycles. The molecule has 2 fully saturated rings. The molecule has 0 bridgehead atoms. The van der Waals surface area contributed by atoms with Crippen molar-refractivity contribution in [1.29, 1.82) is 0 Å². The molecule has 256 valence electrons. The summed E-state index contributed by atoms with van der Waals surface area (Å²) in [6.45, 7) is 13.0. The third-order valence-corrected chi connectivity index (χ3v) is 9.82. The van der Waals surface area contributed by atoms with Gasteiger partial charge in [-0.05, 0) is 65.3 Å². The van der Waals surface area contributed by atoms with Gasteiger partial charge in [-0.2, -0.15) is 0 Å². The second kappa shape index (κ2) is 16.1. The fourth-order valence-corrected chi connectivity index (χ4v) is 6.84. The zero-order valence-electron chi connectivity index (χ0n) is 28.5. The van der Waals surface area contributed by atoms with Crippen LogP contribution in [-0.4, -0.2) is 103 Å². The van der Waals surface area contributed by atoms with E-state index in [9.17, 15) is 24.3 Å². The Morgan fingerprint density at radius 2 is 1.80 bits per heavy atom. The number of aliphatic hydroxyl groups excluding tert-OH is 1. The largest absolute Gasteiger partial charge is 0.462 e. The maximum Gasteiger partial charge on any atom is 0.308 e. The molecule has 0 aromatic carbocycles. The minimum Gasteiger partial charge on any atom is -0.462 e. The van der Waals surface area contributed by atoms with E-state index in [-0.39, 0.29) is 55.6 Å². The second-order valence-electron chi connectivity index (χ2n) is 13.7. The van der Waals surface area contributed by atoms with Crippen molar-refractivity contribution in [1.82, 2.24) is 4.90 Å². The standard InChI is InChI=1S/C34H55NO10/c1-10-27-22(6)32-34(7,45-32)14-12-25(37)19(3)16-23(13-15-36)30(21(5)26(38)18-29(40)42-27)44-33-31(43-28(39)11-2)24(35(8)9)17-20(4)41-33/h12,14-15,19-24,26-27,30-33,38H,10-11,13,16-18H2,1-9H3/b14-12+/t19-,20-,21+,22-,23+,24+,26-,27-,30-,31-,32+,33+,34+/m1/s1. The molecule has 0 radical (unpaired) electrons. The number of aliphatic hydroxyl groups is 1. The van der Waals surface area contributed by atoms with E-state index >= 15 is 0 Å². The molecule has 0 aromatic rings. The molecular formula is C34H55NO10. The number of fused-ring (bicyclic) bond motifs is 1. The Balaban J connectivity index is 2.01. The zero-order chi connectivity index (χ0) is 33.6. The van der Waals surface area contributed by atoms with Gasteiger partial charge >= 0.3 is 11.9 Å². The molecule has 0 aliphatic carbocycles. The SMILES string of the molecule is CCC(=O)O[C@H]1[C@H](O[C@H]2[C@@H](CC=O)C[C@@H](C)C(=O)/C=C/[C@]3(C)O[C@H]3[C@H](C)[C@@H](CC)OC(=O)C[C@@H](O)[C@@H]2C)O[C@H](C)C[C@@H]1N(C)C. The lowest BCUT2D eigenvalue weighted by Crippen LogP contribution is -2.57. The topological polar surface area (TPSA) is 141 Å². The number of esters is 2. The lowest BCUT2D eigenvalue weighted by atomic mass is 9.79. The van der Waals surface area contributed by atoms with E-state index in [2.05, 4.69) is 0 Å². The highest BCUT2D eigenvalue weighted by molar-refractivity contribution is 5.91. The zero-order valence-corrected chi connectivity index (χ0v) is 28.5. The summed E-state index contributed by atoms with van der Waals surface area (Å²) in [5.74, 6) is -2.87. The monoisotopic (exact) mass is 637 g/mol. The number of cyclic esters (lactones) is 1. The van der Waals surface area contributed by atoms with Crippen LogP contribution in [0.2, 0.25) is 0 Å². The van der Waals surface area contributed by atoms with Crippen molar-refractivity contribution in [2.75, 3.05) is 14.1 Å². The molecule has 3 aliphatic heterocycles. The normalized spacial score (nSPS) is 42.4. The van der Waals surface area contributed by atoms with Crippen LogP contribution in [0.15, 0.2) is 12.2 Å². The van der Waals surface area contributed by atoms with Crippen LogP contribution in [0.3, 0.4) is 0 Å². The van der Waals surface area contributed by atoms with Crippen LogP contribution < -0.4 is 0 Å². The molecule has 0 amide bonds. The molecule has 0 unspecified atom stereocenters. The van der Waals surface area contributed by atoms with Gasteiger partial charge in [-0.25, -0.2) is 0 Å². The van der Waals surface area contributed by atoms with E-state index in [1.54, 1.807) is 26.8 Å². The number of ketones is 1. The number of allylic oxidation sites excluding steroid dienone is 1. The van der Waals surface area contributed by atoms with Crippen molar-refractivity contribution in [2.24, 2.45) is 23.7 Å². The predicted molar refractivity (Wildman–Crippen MR) is 166 cm³/mol. The molecule has 1 N–H and O–H groups in total. The smallest absolute Gasteiger partial charge is 0.308 e. The van der Waals surface area contributed by atoms with Gasteiger partial charge in [-0.1, -0.05) is 34.6 Å². The van der Waals surface area contributed by atoms with E-state index in [0.717, 1.165) is 6.29 Å². The van der Waals surface area contributed by atoms with Gasteiger partial charge in [-0.3, -0.25) is 14.4 Å². The molecule has 13 atom stereocenters. The third kappa shape index (κ3) is 9.44. The van der Waals surface area contributed by atoms with Crippen LogP contribution in [0, 0.1) is 23.7 Å². The van der Waals surface area contributed by atoms with Crippen LogP contribution in [-0.2, 0) is 42.9 Å². The van der Waals surface area contributed by atoms with Gasteiger partial charge in [0.25, 0.3) is 0 Å². The number of epoxide rings is 1. The van der Waals surface area contributed by atoms with Crippen molar-refractivity contribution in [3.05, 3.63) is 12.2 Å². The van der Waals surface area contributed by atoms with Crippen LogP contribution in [0.4, 0.5) is 0 Å². The molecule has 0 aromatic heterocycles. The predicted octanol–water partition coefficient (Wildman–Crippen LogP) is 3.63. The summed E-state index contributed by atoms with van der Waals surface area (Å²) in [4.78, 5) is 53.0. The summed E-state index contributed by atoms with van der Waals surface area (Å²) < 4.78 is 30.6. The van der Waals surface area contributed by atoms with Gasteiger partial charge in [0.1, 0.15) is 18.0 Å². The van der Waals surface area contributed by atoms with E-state index in [4.69, 9.17) is 23.7 Å². The molecule has 3 heterocycles. The van der Waals surface area contributed by atoms with Gasteiger partial charge in [0, 0.05) is 30.6 Å². The number of likely N-dealkylation sites (N-methyl/N-ethyl adjacent to an activating group) is 1. The van der Waals surface area contributed by atoms with Crippen LogP contribution in [0.25, 0.3) is 0 Å². The first-order valence-corrected chi connectivity index (χ1v) is 16.5. The minimum absolute atomic E-state index is 0.0463. The van der Waals surface area contributed by atoms with Gasteiger partial charge in [0.05, 0.1) is 36.9 Å². The van der Waals surface area contributed by atoms with Gasteiger partial charge in [0.15, 0.2) is 18.2 Å². The fraction of sp³-hybridized carbons (Fsp3) is 0.824. The fourth-order valence-electron chi connectivity index (χ4n) is 6.84. The maximum absolute atomic E-state index is 13.3. The molecule has 11 nitrogen and oxygen atoms in total. The molecule has 0 saturated carbocycles. The Kier molecular flexibility index (Phi) is 13.3. The number of hydrogen-bond acceptors (Lipinski definition) is 11. The Morgan fingerprint density at radius 3 is 2.40 bits per heavy atom. The molecule has 0 spiro atoms. The molecule has 3 aliphatic rings. The van der Waals surface area contributed by atoms with Gasteiger partial charge in [-0.15, -0.1) is 0 Å². The summed E-state index contributed by atoms with van der Waals surface area (Å²) in [6.07, 6.45) is 0.746. The number of carbonyl (C=O) groups excluding carboxylic acids is 4. The number of ether oxygens (including phenoxy) is 5. The summed E-state index contributed by atoms with van der Waals surface area (Å²) in [5.41, 5.74) is -0.656. The van der Waals surface area contributed by atoms with E-state index in [0.29, 0.717) is 12.8 Å². The number of nitrogens with zero attached hydrogens (tertiary/aromatic N) is 1. The highest BCUT2D eigenvalue weighted by Gasteiger charge is 2.55. The highest BCUT2D eigenvalue weighted by atomic mass is 16.7. The minimum atomic E-state index is -1.19. The van der Waals surface area contributed by atoms with Crippen molar-refractivity contribution in [3.63, 3.8) is 0 Å². The second-order valence-corrected chi connectivity index (χ2v) is 13.7. The molecular weight excluding hydrogens is 582 g/mol. The third-order valence-electron chi connectivity index (χ3n) is 9.82.